The van der Waals surface area contributed by atoms with E-state index in [1.165, 1.54) is 25.7 Å². The first-order valence-corrected chi connectivity index (χ1v) is 6.63. The summed E-state index contributed by atoms with van der Waals surface area (Å²) in [5.74, 6) is -1.35. The van der Waals surface area contributed by atoms with Crippen LogP contribution in [0, 0.1) is 0 Å². The highest BCUT2D eigenvalue weighted by Crippen LogP contribution is 2.21. The minimum Gasteiger partial charge on any atom is -0.479 e. The summed E-state index contributed by atoms with van der Waals surface area (Å²) < 4.78 is 0. The summed E-state index contributed by atoms with van der Waals surface area (Å²) in [6, 6.07) is 0.152. The van der Waals surface area contributed by atoms with Crippen molar-refractivity contribution < 1.29 is 19.8 Å². The Morgan fingerprint density at radius 3 is 2.53 bits per heavy atom. The van der Waals surface area contributed by atoms with E-state index < -0.39 is 18.1 Å². The summed E-state index contributed by atoms with van der Waals surface area (Å²) >= 11 is 0. The zero-order chi connectivity index (χ0) is 14.3. The minimum absolute atomic E-state index is 0.292. The van der Waals surface area contributed by atoms with Crippen LogP contribution in [0.5, 0.6) is 0 Å². The predicted molar refractivity (Wildman–Crippen MR) is 69.9 cm³/mol. The number of aliphatic hydroxyl groups excluding tert-OH is 1. The molecule has 0 aromatic carbocycles. The number of likely N-dealkylation sites (N-methyl/N-ethyl adjacent to an activating group) is 1. The molecule has 0 bridgehead atoms. The maximum Gasteiger partial charge on any atom is 0.334 e. The standard InChI is InChI=1S/C12H23N3O4/c1-15(9-4-2-3-5-9)7-6-13-12(19)14-8-10(16)11(17)18/h9-10,16H,2-8H2,1H3,(H,17,18)(H2,13,14,19). The van der Waals surface area contributed by atoms with Gasteiger partial charge in [0.1, 0.15) is 0 Å². The predicted octanol–water partition coefficient (Wildman–Crippen LogP) is -0.394. The van der Waals surface area contributed by atoms with Crippen molar-refractivity contribution in [3.05, 3.63) is 0 Å². The highest BCUT2D eigenvalue weighted by atomic mass is 16.4. The van der Waals surface area contributed by atoms with Crippen LogP contribution < -0.4 is 10.6 Å². The van der Waals surface area contributed by atoms with Gasteiger partial charge in [-0.05, 0) is 19.9 Å². The number of hydrogen-bond acceptors (Lipinski definition) is 4. The molecule has 0 radical (unpaired) electrons. The van der Waals surface area contributed by atoms with Gasteiger partial charge in [0, 0.05) is 19.1 Å². The van der Waals surface area contributed by atoms with Crippen LogP contribution in [-0.4, -0.2) is 65.9 Å². The molecule has 0 saturated heterocycles. The number of nitrogens with zero attached hydrogens (tertiary/aromatic N) is 1. The fourth-order valence-corrected chi connectivity index (χ4v) is 2.21. The minimum atomic E-state index is -1.56. The van der Waals surface area contributed by atoms with Crippen LogP contribution in [0.3, 0.4) is 0 Å². The van der Waals surface area contributed by atoms with Crippen molar-refractivity contribution in [1.29, 1.82) is 0 Å². The number of carboxylic acids is 1. The fraction of sp³-hybridized carbons (Fsp3) is 0.833. The Balaban J connectivity index is 2.08. The summed E-state index contributed by atoms with van der Waals surface area (Å²) in [6.45, 7) is 0.973. The Bertz CT molecular complexity index is 305. The molecule has 0 aromatic rings. The van der Waals surface area contributed by atoms with Gasteiger partial charge in [-0.2, -0.15) is 0 Å². The second-order valence-corrected chi connectivity index (χ2v) is 4.91. The molecular formula is C12H23N3O4. The van der Waals surface area contributed by atoms with E-state index in [0.717, 1.165) is 6.54 Å². The second-order valence-electron chi connectivity index (χ2n) is 4.91. The number of aliphatic carboxylic acids is 1. The molecule has 110 valence electrons. The van der Waals surface area contributed by atoms with E-state index in [1.54, 1.807) is 0 Å². The van der Waals surface area contributed by atoms with Crippen molar-refractivity contribution in [2.75, 3.05) is 26.7 Å². The van der Waals surface area contributed by atoms with Crippen LogP contribution >= 0.6 is 0 Å². The lowest BCUT2D eigenvalue weighted by Gasteiger charge is -2.23. The first-order chi connectivity index (χ1) is 9.00. The molecule has 1 aliphatic carbocycles. The van der Waals surface area contributed by atoms with Gasteiger partial charge in [0.2, 0.25) is 0 Å². The van der Waals surface area contributed by atoms with Crippen LogP contribution in [0.25, 0.3) is 0 Å². The third kappa shape index (κ3) is 5.89. The van der Waals surface area contributed by atoms with E-state index in [4.69, 9.17) is 10.2 Å². The third-order valence-electron chi connectivity index (χ3n) is 3.44. The third-order valence-corrected chi connectivity index (χ3v) is 3.44. The van der Waals surface area contributed by atoms with Gasteiger partial charge in [0.05, 0.1) is 6.54 Å². The number of carbonyl (C=O) groups excluding carboxylic acids is 1. The number of hydrogen-bond donors (Lipinski definition) is 4. The van der Waals surface area contributed by atoms with Gasteiger partial charge in [-0.3, -0.25) is 0 Å². The Kier molecular flexibility index (Phi) is 6.58. The summed E-state index contributed by atoms with van der Waals surface area (Å²) in [4.78, 5) is 23.9. The monoisotopic (exact) mass is 273 g/mol. The molecule has 2 amide bonds. The molecule has 1 rings (SSSR count). The van der Waals surface area contributed by atoms with Gasteiger partial charge in [-0.25, -0.2) is 9.59 Å². The molecule has 1 unspecified atom stereocenters. The number of urea groups is 1. The van der Waals surface area contributed by atoms with Gasteiger partial charge in [-0.1, -0.05) is 12.8 Å². The van der Waals surface area contributed by atoms with Crippen molar-refractivity contribution in [2.45, 2.75) is 37.8 Å². The number of aliphatic hydroxyl groups is 1. The average molecular weight is 273 g/mol. The van der Waals surface area contributed by atoms with Crippen LogP contribution in [0.2, 0.25) is 0 Å². The molecule has 0 aromatic heterocycles. The van der Waals surface area contributed by atoms with E-state index in [1.807, 2.05) is 7.05 Å². The molecule has 1 atom stereocenters. The lowest BCUT2D eigenvalue weighted by atomic mass is 10.2. The summed E-state index contributed by atoms with van der Waals surface area (Å²) in [6.07, 6.45) is 3.42. The molecular weight excluding hydrogens is 250 g/mol. The Labute approximate surface area is 113 Å². The Morgan fingerprint density at radius 2 is 1.95 bits per heavy atom. The quantitative estimate of drug-likeness (QED) is 0.506. The molecule has 7 heteroatoms. The van der Waals surface area contributed by atoms with Gasteiger partial charge in [0.15, 0.2) is 6.10 Å². The summed E-state index contributed by atoms with van der Waals surface area (Å²) in [5.41, 5.74) is 0. The summed E-state index contributed by atoms with van der Waals surface area (Å²) in [5, 5.41) is 22.4. The lowest BCUT2D eigenvalue weighted by molar-refractivity contribution is -0.146. The van der Waals surface area contributed by atoms with Crippen LogP contribution in [0.4, 0.5) is 4.79 Å². The average Bonchev–Trinajstić information content (AvgIpc) is 2.89. The van der Waals surface area contributed by atoms with Crippen LogP contribution in [0.15, 0.2) is 0 Å². The van der Waals surface area contributed by atoms with Gasteiger partial charge in [-0.15, -0.1) is 0 Å². The molecule has 19 heavy (non-hydrogen) atoms. The van der Waals surface area contributed by atoms with Gasteiger partial charge in [0.25, 0.3) is 0 Å². The molecule has 0 spiro atoms. The first-order valence-electron chi connectivity index (χ1n) is 6.63. The zero-order valence-corrected chi connectivity index (χ0v) is 11.3. The molecule has 0 heterocycles. The molecule has 1 fully saturated rings. The zero-order valence-electron chi connectivity index (χ0n) is 11.3. The highest BCUT2D eigenvalue weighted by Gasteiger charge is 2.19. The molecule has 1 saturated carbocycles. The Morgan fingerprint density at radius 1 is 1.32 bits per heavy atom. The molecule has 4 N–H and O–H groups in total. The summed E-state index contributed by atoms with van der Waals surface area (Å²) in [7, 11) is 2.05. The van der Waals surface area contributed by atoms with Gasteiger partial charge >= 0.3 is 12.0 Å². The smallest absolute Gasteiger partial charge is 0.334 e. The van der Waals surface area contributed by atoms with Crippen molar-refractivity contribution >= 4 is 12.0 Å². The van der Waals surface area contributed by atoms with E-state index in [2.05, 4.69) is 15.5 Å². The fourth-order valence-electron chi connectivity index (χ4n) is 2.21. The topological polar surface area (TPSA) is 102 Å². The molecule has 0 aliphatic heterocycles. The Hall–Kier alpha value is -1.34. The largest absolute Gasteiger partial charge is 0.479 e. The van der Waals surface area contributed by atoms with E-state index >= 15 is 0 Å². The molecule has 1 aliphatic rings. The SMILES string of the molecule is CN(CCNC(=O)NCC(O)C(=O)O)C1CCCC1. The van der Waals surface area contributed by atoms with Crippen molar-refractivity contribution in [3.8, 4) is 0 Å². The molecule has 7 nitrogen and oxygen atoms in total. The number of carbonyl (C=O) groups is 2. The number of carboxylic acid groups (broad SMARTS) is 1. The van der Waals surface area contributed by atoms with Crippen LogP contribution in [-0.2, 0) is 4.79 Å². The maximum atomic E-state index is 11.3. The lowest BCUT2D eigenvalue weighted by Crippen LogP contribution is -2.44. The maximum absolute atomic E-state index is 11.3. The van der Waals surface area contributed by atoms with E-state index in [-0.39, 0.29) is 6.54 Å². The first kappa shape index (κ1) is 15.7. The van der Waals surface area contributed by atoms with Crippen LogP contribution in [0.1, 0.15) is 25.7 Å². The normalized spacial score (nSPS) is 17.4. The number of rotatable bonds is 7. The van der Waals surface area contributed by atoms with E-state index in [9.17, 15) is 9.59 Å². The van der Waals surface area contributed by atoms with Crippen molar-refractivity contribution in [2.24, 2.45) is 0 Å². The van der Waals surface area contributed by atoms with Crippen molar-refractivity contribution in [3.63, 3.8) is 0 Å². The second kappa shape index (κ2) is 7.96. The highest BCUT2D eigenvalue weighted by molar-refractivity contribution is 5.76. The van der Waals surface area contributed by atoms with E-state index in [0.29, 0.717) is 12.6 Å². The van der Waals surface area contributed by atoms with Gasteiger partial charge < -0.3 is 25.7 Å². The van der Waals surface area contributed by atoms with Crippen molar-refractivity contribution in [1.82, 2.24) is 15.5 Å². The number of amides is 2. The number of nitrogens with one attached hydrogen (secondary N) is 2.